The number of anilines is 1. The number of hydrogen-bond donors (Lipinski definition) is 1. The summed E-state index contributed by atoms with van der Waals surface area (Å²) in [6.45, 7) is 11.8. The number of fused-ring (bicyclic) bond motifs is 1. The second-order valence-corrected chi connectivity index (χ2v) is 12.6. The summed E-state index contributed by atoms with van der Waals surface area (Å²) in [4.78, 5) is 4.34. The Labute approximate surface area is 131 Å². The molecule has 2 rings (SSSR count). The topological polar surface area (TPSA) is 57.4 Å². The van der Waals surface area contributed by atoms with Crippen LogP contribution in [0.3, 0.4) is 0 Å². The SMILES string of the molecule is COc1cc2sc(N)nc2cc1CO[Si](C)(C)C(C)(C)C. The van der Waals surface area contributed by atoms with Crippen molar-refractivity contribution in [1.29, 1.82) is 0 Å². The van der Waals surface area contributed by atoms with Gasteiger partial charge in [0.2, 0.25) is 0 Å². The number of nitrogens with zero attached hydrogens (tertiary/aromatic N) is 1. The minimum atomic E-state index is -1.78. The lowest BCUT2D eigenvalue weighted by molar-refractivity contribution is 0.270. The number of nitrogens with two attached hydrogens (primary N) is 1. The first-order chi connectivity index (χ1) is 9.64. The van der Waals surface area contributed by atoms with Crippen molar-refractivity contribution in [3.63, 3.8) is 0 Å². The fraction of sp³-hybridized carbons (Fsp3) is 0.533. The largest absolute Gasteiger partial charge is 0.496 e. The Hall–Kier alpha value is -1.11. The van der Waals surface area contributed by atoms with Crippen LogP contribution in [0.5, 0.6) is 5.75 Å². The van der Waals surface area contributed by atoms with E-state index in [1.54, 1.807) is 7.11 Å². The number of hydrogen-bond acceptors (Lipinski definition) is 5. The maximum Gasteiger partial charge on any atom is 0.192 e. The molecule has 2 N–H and O–H groups in total. The smallest absolute Gasteiger partial charge is 0.192 e. The molecule has 6 heteroatoms. The van der Waals surface area contributed by atoms with E-state index in [2.05, 4.69) is 38.8 Å². The van der Waals surface area contributed by atoms with Crippen molar-refractivity contribution in [2.24, 2.45) is 0 Å². The first-order valence-electron chi connectivity index (χ1n) is 7.01. The summed E-state index contributed by atoms with van der Waals surface area (Å²) >= 11 is 1.47. The van der Waals surface area contributed by atoms with Crippen LogP contribution in [0.15, 0.2) is 12.1 Å². The zero-order valence-electron chi connectivity index (χ0n) is 13.6. The van der Waals surface area contributed by atoms with Crippen molar-refractivity contribution in [2.75, 3.05) is 12.8 Å². The van der Waals surface area contributed by atoms with Crippen LogP contribution < -0.4 is 10.5 Å². The predicted octanol–water partition coefficient (Wildman–Crippen LogP) is 4.41. The van der Waals surface area contributed by atoms with Crippen molar-refractivity contribution in [3.8, 4) is 5.75 Å². The highest BCUT2D eigenvalue weighted by Gasteiger charge is 2.37. The number of rotatable bonds is 4. The quantitative estimate of drug-likeness (QED) is 0.846. The molecule has 1 heterocycles. The maximum atomic E-state index is 6.28. The Morgan fingerprint density at radius 3 is 2.52 bits per heavy atom. The van der Waals surface area contributed by atoms with E-state index in [9.17, 15) is 0 Å². The molecule has 0 bridgehead atoms. The molecule has 0 unspecified atom stereocenters. The van der Waals surface area contributed by atoms with Crippen LogP contribution in [0.4, 0.5) is 5.13 Å². The standard InChI is InChI=1S/C15H24N2O2SSi/c1-15(2,3)21(5,6)19-9-10-7-11-13(8-12(10)18-4)20-14(16)17-11/h7-8H,9H2,1-6H3,(H2,16,17). The van der Waals surface area contributed by atoms with E-state index in [4.69, 9.17) is 14.9 Å². The lowest BCUT2D eigenvalue weighted by Crippen LogP contribution is -2.40. The molecule has 2 aromatic rings. The molecule has 0 spiro atoms. The van der Waals surface area contributed by atoms with Gasteiger partial charge in [0.1, 0.15) is 5.75 Å². The van der Waals surface area contributed by atoms with Gasteiger partial charge in [-0.05, 0) is 24.2 Å². The van der Waals surface area contributed by atoms with E-state index in [1.165, 1.54) is 11.3 Å². The normalized spacial score (nSPS) is 12.9. The molecule has 0 aliphatic heterocycles. The monoisotopic (exact) mass is 324 g/mol. The van der Waals surface area contributed by atoms with Crippen LogP contribution in [0, 0.1) is 0 Å². The number of ether oxygens (including phenoxy) is 1. The molecule has 1 aromatic carbocycles. The van der Waals surface area contributed by atoms with Gasteiger partial charge in [0.25, 0.3) is 0 Å². The zero-order valence-corrected chi connectivity index (χ0v) is 15.4. The van der Waals surface area contributed by atoms with E-state index >= 15 is 0 Å². The highest BCUT2D eigenvalue weighted by molar-refractivity contribution is 7.22. The van der Waals surface area contributed by atoms with Crippen molar-refractivity contribution < 1.29 is 9.16 Å². The van der Waals surface area contributed by atoms with E-state index in [0.29, 0.717) is 11.7 Å². The summed E-state index contributed by atoms with van der Waals surface area (Å²) < 4.78 is 12.8. The molecule has 1 aromatic heterocycles. The van der Waals surface area contributed by atoms with E-state index in [-0.39, 0.29) is 5.04 Å². The molecule has 21 heavy (non-hydrogen) atoms. The first-order valence-corrected chi connectivity index (χ1v) is 10.7. The van der Waals surface area contributed by atoms with Gasteiger partial charge in [-0.15, -0.1) is 0 Å². The number of methoxy groups -OCH3 is 1. The molecular weight excluding hydrogens is 300 g/mol. The lowest BCUT2D eigenvalue weighted by Gasteiger charge is -2.36. The Morgan fingerprint density at radius 2 is 1.95 bits per heavy atom. The first kappa shape index (κ1) is 16.3. The summed E-state index contributed by atoms with van der Waals surface area (Å²) in [5.74, 6) is 0.838. The summed E-state index contributed by atoms with van der Waals surface area (Å²) in [5, 5.41) is 0.768. The van der Waals surface area contributed by atoms with Crippen molar-refractivity contribution in [3.05, 3.63) is 17.7 Å². The minimum absolute atomic E-state index is 0.190. The van der Waals surface area contributed by atoms with Gasteiger partial charge < -0.3 is 14.9 Å². The van der Waals surface area contributed by atoms with Gasteiger partial charge in [-0.1, -0.05) is 32.1 Å². The van der Waals surface area contributed by atoms with Crippen LogP contribution in [0.2, 0.25) is 18.1 Å². The molecule has 116 valence electrons. The van der Waals surface area contributed by atoms with Crippen molar-refractivity contribution >= 4 is 35.0 Å². The second kappa shape index (κ2) is 5.59. The van der Waals surface area contributed by atoms with Gasteiger partial charge in [-0.3, -0.25) is 0 Å². The van der Waals surface area contributed by atoms with Crippen LogP contribution in [-0.4, -0.2) is 20.4 Å². The highest BCUT2D eigenvalue weighted by atomic mass is 32.1. The molecular formula is C15H24N2O2SSi. The molecule has 0 atom stereocenters. The Balaban J connectivity index is 2.29. The fourth-order valence-corrected chi connectivity index (χ4v) is 3.49. The average molecular weight is 325 g/mol. The third kappa shape index (κ3) is 3.39. The van der Waals surface area contributed by atoms with E-state index in [1.807, 2.05) is 12.1 Å². The van der Waals surface area contributed by atoms with Crippen LogP contribution in [-0.2, 0) is 11.0 Å². The van der Waals surface area contributed by atoms with Gasteiger partial charge in [0.05, 0.1) is 23.9 Å². The van der Waals surface area contributed by atoms with Gasteiger partial charge in [-0.2, -0.15) is 0 Å². The lowest BCUT2D eigenvalue weighted by atomic mass is 10.2. The number of benzene rings is 1. The third-order valence-electron chi connectivity index (χ3n) is 4.20. The predicted molar refractivity (Wildman–Crippen MR) is 92.6 cm³/mol. The number of aromatic nitrogens is 1. The van der Waals surface area contributed by atoms with Crippen LogP contribution in [0.1, 0.15) is 26.3 Å². The molecule has 0 saturated carbocycles. The summed E-state index contributed by atoms with van der Waals surface area (Å²) in [5.41, 5.74) is 7.71. The van der Waals surface area contributed by atoms with Gasteiger partial charge >= 0.3 is 0 Å². The highest BCUT2D eigenvalue weighted by Crippen LogP contribution is 2.38. The van der Waals surface area contributed by atoms with Crippen molar-refractivity contribution in [1.82, 2.24) is 4.98 Å². The Morgan fingerprint density at radius 1 is 1.29 bits per heavy atom. The molecule has 0 fully saturated rings. The van der Waals surface area contributed by atoms with E-state index < -0.39 is 8.32 Å². The Kier molecular flexibility index (Phi) is 4.33. The molecule has 0 saturated heterocycles. The third-order valence-corrected chi connectivity index (χ3v) is 9.53. The van der Waals surface area contributed by atoms with Gasteiger partial charge in [0.15, 0.2) is 13.4 Å². The molecule has 4 nitrogen and oxygen atoms in total. The Bertz CT molecular complexity index is 647. The molecule has 0 aliphatic rings. The summed E-state index contributed by atoms with van der Waals surface area (Å²) in [6, 6.07) is 4.02. The molecule has 0 aliphatic carbocycles. The van der Waals surface area contributed by atoms with Crippen LogP contribution in [0.25, 0.3) is 10.2 Å². The summed E-state index contributed by atoms with van der Waals surface area (Å²) in [7, 11) is -0.102. The van der Waals surface area contributed by atoms with Gasteiger partial charge in [0, 0.05) is 11.6 Å². The average Bonchev–Trinajstić information content (AvgIpc) is 2.72. The second-order valence-electron chi connectivity index (χ2n) is 6.73. The zero-order chi connectivity index (χ0) is 15.8. The molecule has 0 amide bonds. The number of nitrogen functional groups attached to an aromatic ring is 1. The fourth-order valence-electron chi connectivity index (χ4n) is 1.79. The minimum Gasteiger partial charge on any atom is -0.496 e. The van der Waals surface area contributed by atoms with Gasteiger partial charge in [-0.25, -0.2) is 4.98 Å². The maximum absolute atomic E-state index is 6.28. The number of thiazole rings is 1. The molecule has 0 radical (unpaired) electrons. The van der Waals surface area contributed by atoms with Crippen LogP contribution >= 0.6 is 11.3 Å². The summed E-state index contributed by atoms with van der Waals surface area (Å²) in [6.07, 6.45) is 0. The van der Waals surface area contributed by atoms with E-state index in [0.717, 1.165) is 21.5 Å². The van der Waals surface area contributed by atoms with Crippen molar-refractivity contribution in [2.45, 2.75) is 45.5 Å².